The average Bonchev–Trinajstić information content (AvgIpc) is 2.80. The Labute approximate surface area is 115 Å². The summed E-state index contributed by atoms with van der Waals surface area (Å²) < 4.78 is 0.994. The summed E-state index contributed by atoms with van der Waals surface area (Å²) in [5.74, 6) is 0. The number of aromatic nitrogens is 2. The zero-order valence-corrected chi connectivity index (χ0v) is 11.8. The summed E-state index contributed by atoms with van der Waals surface area (Å²) in [6.07, 6.45) is 1.08. The second-order valence-corrected chi connectivity index (χ2v) is 5.48. The Bertz CT molecular complexity index is 531. The van der Waals surface area contributed by atoms with Crippen molar-refractivity contribution in [2.24, 2.45) is 0 Å². The standard InChI is InChI=1S/C13H17BrN4/c14-13-12-10(2-1-3-11(12)16-17-13)4-7-18-8-5-15-6-9-18/h1-3,15H,4-9H2,(H,16,17). The first-order chi connectivity index (χ1) is 8.84. The van der Waals surface area contributed by atoms with Crippen molar-refractivity contribution >= 4 is 26.8 Å². The molecule has 5 heteroatoms. The van der Waals surface area contributed by atoms with Crippen LogP contribution in [-0.2, 0) is 6.42 Å². The predicted octanol–water partition coefficient (Wildman–Crippen LogP) is 1.77. The zero-order valence-electron chi connectivity index (χ0n) is 10.2. The smallest absolute Gasteiger partial charge is 0.109 e. The van der Waals surface area contributed by atoms with Crippen molar-refractivity contribution in [1.82, 2.24) is 20.4 Å². The number of H-pyrrole nitrogens is 1. The van der Waals surface area contributed by atoms with E-state index in [1.807, 2.05) is 6.07 Å². The van der Waals surface area contributed by atoms with Crippen LogP contribution in [0.25, 0.3) is 10.9 Å². The van der Waals surface area contributed by atoms with E-state index in [2.05, 4.69) is 48.5 Å². The van der Waals surface area contributed by atoms with Gasteiger partial charge in [-0.3, -0.25) is 5.10 Å². The molecule has 0 saturated carbocycles. The van der Waals surface area contributed by atoms with Gasteiger partial charge in [0.15, 0.2) is 0 Å². The maximum atomic E-state index is 4.28. The van der Waals surface area contributed by atoms with Crippen molar-refractivity contribution < 1.29 is 0 Å². The Morgan fingerprint density at radius 2 is 2.11 bits per heavy atom. The van der Waals surface area contributed by atoms with E-state index in [4.69, 9.17) is 0 Å². The van der Waals surface area contributed by atoms with E-state index in [9.17, 15) is 0 Å². The molecule has 4 nitrogen and oxygen atoms in total. The lowest BCUT2D eigenvalue weighted by Gasteiger charge is -2.27. The minimum atomic E-state index is 0.994. The molecule has 2 N–H and O–H groups in total. The monoisotopic (exact) mass is 308 g/mol. The van der Waals surface area contributed by atoms with Gasteiger partial charge in [0, 0.05) is 38.1 Å². The van der Waals surface area contributed by atoms with Crippen molar-refractivity contribution in [2.45, 2.75) is 6.42 Å². The number of nitrogens with zero attached hydrogens (tertiary/aromatic N) is 2. The summed E-state index contributed by atoms with van der Waals surface area (Å²) in [4.78, 5) is 2.52. The van der Waals surface area contributed by atoms with E-state index in [0.29, 0.717) is 0 Å². The summed E-state index contributed by atoms with van der Waals surface area (Å²) in [6.45, 7) is 5.66. The molecule has 2 aromatic rings. The van der Waals surface area contributed by atoms with Crippen LogP contribution in [-0.4, -0.2) is 47.8 Å². The van der Waals surface area contributed by atoms with E-state index < -0.39 is 0 Å². The third kappa shape index (κ3) is 2.43. The highest BCUT2D eigenvalue weighted by Crippen LogP contribution is 2.25. The number of fused-ring (bicyclic) bond motifs is 1. The van der Waals surface area contributed by atoms with Crippen molar-refractivity contribution in [3.8, 4) is 0 Å². The molecule has 96 valence electrons. The Balaban J connectivity index is 1.75. The van der Waals surface area contributed by atoms with Crippen LogP contribution in [0.4, 0.5) is 0 Å². The molecule has 1 aromatic heterocycles. The Morgan fingerprint density at radius 3 is 2.94 bits per heavy atom. The molecule has 1 aliphatic heterocycles. The van der Waals surface area contributed by atoms with Crippen LogP contribution in [0.1, 0.15) is 5.56 Å². The lowest BCUT2D eigenvalue weighted by atomic mass is 10.1. The molecule has 1 saturated heterocycles. The van der Waals surface area contributed by atoms with Crippen LogP contribution in [0.15, 0.2) is 22.8 Å². The Hall–Kier alpha value is -0.910. The first-order valence-corrected chi connectivity index (χ1v) is 7.18. The minimum absolute atomic E-state index is 0.994. The van der Waals surface area contributed by atoms with Crippen LogP contribution in [0.3, 0.4) is 0 Å². The van der Waals surface area contributed by atoms with Gasteiger partial charge in [-0.05, 0) is 34.0 Å². The van der Waals surface area contributed by atoms with Gasteiger partial charge in [0.05, 0.1) is 5.52 Å². The third-order valence-corrected chi connectivity index (χ3v) is 4.10. The van der Waals surface area contributed by atoms with Gasteiger partial charge in [0.1, 0.15) is 4.60 Å². The number of piperazine rings is 1. The summed E-state index contributed by atoms with van der Waals surface area (Å²) in [5, 5.41) is 11.9. The van der Waals surface area contributed by atoms with Crippen molar-refractivity contribution in [3.63, 3.8) is 0 Å². The first kappa shape index (κ1) is 12.1. The minimum Gasteiger partial charge on any atom is -0.314 e. The lowest BCUT2D eigenvalue weighted by molar-refractivity contribution is 0.244. The van der Waals surface area contributed by atoms with Crippen molar-refractivity contribution in [1.29, 1.82) is 0 Å². The largest absolute Gasteiger partial charge is 0.314 e. The number of hydrogen-bond donors (Lipinski definition) is 2. The fourth-order valence-corrected chi connectivity index (χ4v) is 3.07. The second kappa shape index (κ2) is 5.38. The molecule has 0 atom stereocenters. The summed E-state index contributed by atoms with van der Waals surface area (Å²) in [5.41, 5.74) is 2.41. The van der Waals surface area contributed by atoms with Gasteiger partial charge < -0.3 is 10.2 Å². The van der Waals surface area contributed by atoms with Crippen LogP contribution in [0.2, 0.25) is 0 Å². The van der Waals surface area contributed by atoms with Gasteiger partial charge in [-0.25, -0.2) is 0 Å². The number of halogens is 1. The molecule has 1 aliphatic rings. The van der Waals surface area contributed by atoms with E-state index in [1.165, 1.54) is 10.9 Å². The van der Waals surface area contributed by atoms with E-state index in [0.717, 1.165) is 49.3 Å². The summed E-state index contributed by atoms with van der Waals surface area (Å²) >= 11 is 3.54. The Kier molecular flexibility index (Phi) is 3.63. The van der Waals surface area contributed by atoms with Crippen molar-refractivity contribution in [3.05, 3.63) is 28.4 Å². The van der Waals surface area contributed by atoms with Gasteiger partial charge in [-0.2, -0.15) is 5.10 Å². The SMILES string of the molecule is Brc1[nH]nc2cccc(CCN3CCNCC3)c12. The molecule has 1 aromatic carbocycles. The number of aromatic amines is 1. The van der Waals surface area contributed by atoms with Crippen LogP contribution in [0, 0.1) is 0 Å². The normalized spacial score (nSPS) is 17.4. The van der Waals surface area contributed by atoms with Crippen LogP contribution in [0.5, 0.6) is 0 Å². The molecule has 0 amide bonds. The first-order valence-electron chi connectivity index (χ1n) is 6.39. The van der Waals surface area contributed by atoms with E-state index in [-0.39, 0.29) is 0 Å². The molecular formula is C13H17BrN4. The van der Waals surface area contributed by atoms with Crippen molar-refractivity contribution in [2.75, 3.05) is 32.7 Å². The van der Waals surface area contributed by atoms with Gasteiger partial charge in [0.25, 0.3) is 0 Å². The molecule has 3 rings (SSSR count). The molecule has 18 heavy (non-hydrogen) atoms. The maximum absolute atomic E-state index is 4.28. The number of hydrogen-bond acceptors (Lipinski definition) is 3. The van der Waals surface area contributed by atoms with Gasteiger partial charge in [0.2, 0.25) is 0 Å². The molecule has 0 aliphatic carbocycles. The molecule has 0 unspecified atom stereocenters. The Morgan fingerprint density at radius 1 is 1.28 bits per heavy atom. The topological polar surface area (TPSA) is 44.0 Å². The second-order valence-electron chi connectivity index (χ2n) is 4.69. The number of nitrogens with one attached hydrogen (secondary N) is 2. The zero-order chi connectivity index (χ0) is 12.4. The fraction of sp³-hybridized carbons (Fsp3) is 0.462. The highest BCUT2D eigenvalue weighted by Gasteiger charge is 2.12. The molecule has 0 spiro atoms. The highest BCUT2D eigenvalue weighted by molar-refractivity contribution is 9.10. The lowest BCUT2D eigenvalue weighted by Crippen LogP contribution is -2.44. The fourth-order valence-electron chi connectivity index (χ4n) is 2.52. The summed E-state index contributed by atoms with van der Waals surface area (Å²) in [7, 11) is 0. The highest BCUT2D eigenvalue weighted by atomic mass is 79.9. The predicted molar refractivity (Wildman–Crippen MR) is 76.8 cm³/mol. The quantitative estimate of drug-likeness (QED) is 0.908. The molecular weight excluding hydrogens is 292 g/mol. The van der Waals surface area contributed by atoms with Crippen LogP contribution < -0.4 is 5.32 Å². The van der Waals surface area contributed by atoms with Crippen LogP contribution >= 0.6 is 15.9 Å². The maximum Gasteiger partial charge on any atom is 0.109 e. The summed E-state index contributed by atoms with van der Waals surface area (Å²) in [6, 6.07) is 6.33. The molecule has 1 fully saturated rings. The van der Waals surface area contributed by atoms with Gasteiger partial charge in [-0.1, -0.05) is 12.1 Å². The van der Waals surface area contributed by atoms with Gasteiger partial charge in [-0.15, -0.1) is 0 Å². The van der Waals surface area contributed by atoms with E-state index in [1.54, 1.807) is 0 Å². The third-order valence-electron chi connectivity index (χ3n) is 3.53. The average molecular weight is 309 g/mol. The van der Waals surface area contributed by atoms with Gasteiger partial charge >= 0.3 is 0 Å². The van der Waals surface area contributed by atoms with E-state index >= 15 is 0 Å². The molecule has 2 heterocycles. The number of benzene rings is 1. The molecule has 0 radical (unpaired) electrons. The number of rotatable bonds is 3. The molecule has 0 bridgehead atoms.